The smallest absolute Gasteiger partial charge is 0.244 e. The predicted octanol–water partition coefficient (Wildman–Crippen LogP) is 3.45. The fraction of sp³-hybridized carbons (Fsp3) is 0.0833. The summed E-state index contributed by atoms with van der Waals surface area (Å²) in [5.74, 6) is 1.35. The Morgan fingerprint density at radius 1 is 1.25 bits per heavy atom. The number of halogens is 1. The van der Waals surface area contributed by atoms with Gasteiger partial charge in [0.15, 0.2) is 0 Å². The lowest BCUT2D eigenvalue weighted by Crippen LogP contribution is -1.97. The van der Waals surface area contributed by atoms with Gasteiger partial charge in [-0.2, -0.15) is 0 Å². The summed E-state index contributed by atoms with van der Waals surface area (Å²) < 4.78 is 5.73. The first-order valence-corrected chi connectivity index (χ1v) is 5.36. The fourth-order valence-electron chi connectivity index (χ4n) is 1.70. The van der Waals surface area contributed by atoms with Crippen LogP contribution in [0.25, 0.3) is 0 Å². The maximum atomic E-state index is 6.08. The molecule has 0 saturated heterocycles. The minimum atomic E-state index is 0.525. The summed E-state index contributed by atoms with van der Waals surface area (Å²) in [4.78, 5) is 4.17. The molecule has 2 heterocycles. The number of hydrogen-bond donors (Lipinski definition) is 1. The van der Waals surface area contributed by atoms with Crippen LogP contribution in [0.3, 0.4) is 0 Å². The maximum absolute atomic E-state index is 6.08. The zero-order chi connectivity index (χ0) is 11.0. The second-order valence-electron chi connectivity index (χ2n) is 3.54. The van der Waals surface area contributed by atoms with Gasteiger partial charge in [-0.05, 0) is 12.1 Å². The second kappa shape index (κ2) is 3.68. The van der Waals surface area contributed by atoms with Crippen LogP contribution in [-0.4, -0.2) is 4.98 Å². The molecule has 0 spiro atoms. The first-order chi connectivity index (χ1) is 7.84. The number of para-hydroxylation sites is 1. The summed E-state index contributed by atoms with van der Waals surface area (Å²) >= 11 is 6.08. The molecule has 2 aromatic rings. The molecular formula is C12H9ClN2O. The van der Waals surface area contributed by atoms with Crippen LogP contribution in [0.2, 0.25) is 5.02 Å². The Morgan fingerprint density at radius 3 is 3.06 bits per heavy atom. The summed E-state index contributed by atoms with van der Waals surface area (Å²) in [5.41, 5.74) is 1.84. The molecule has 3 rings (SSSR count). The van der Waals surface area contributed by atoms with Crippen LogP contribution in [0.4, 0.5) is 5.69 Å². The molecule has 0 saturated carbocycles. The number of nitrogens with one attached hydrogen (secondary N) is 1. The Bertz CT molecular complexity index is 542. The van der Waals surface area contributed by atoms with Gasteiger partial charge in [0, 0.05) is 18.3 Å². The maximum Gasteiger partial charge on any atom is 0.244 e. The van der Waals surface area contributed by atoms with Crippen molar-refractivity contribution in [3.05, 3.63) is 47.1 Å². The molecule has 0 bridgehead atoms. The number of ether oxygens (including phenoxy) is 1. The van der Waals surface area contributed by atoms with E-state index in [4.69, 9.17) is 16.3 Å². The Balaban J connectivity index is 2.12. The number of benzene rings is 1. The van der Waals surface area contributed by atoms with Crippen LogP contribution in [0.5, 0.6) is 11.6 Å². The first-order valence-electron chi connectivity index (χ1n) is 4.99. The van der Waals surface area contributed by atoms with Crippen LogP contribution in [0, 0.1) is 0 Å². The van der Waals surface area contributed by atoms with Crippen molar-refractivity contribution in [3.8, 4) is 11.6 Å². The molecule has 0 fully saturated rings. The number of hydrogen-bond acceptors (Lipinski definition) is 3. The minimum absolute atomic E-state index is 0.525. The minimum Gasteiger partial charge on any atom is -0.437 e. The Morgan fingerprint density at radius 2 is 2.12 bits per heavy atom. The molecule has 16 heavy (non-hydrogen) atoms. The van der Waals surface area contributed by atoms with E-state index in [1.165, 1.54) is 0 Å². The first kappa shape index (κ1) is 9.48. The highest BCUT2D eigenvalue weighted by atomic mass is 35.5. The zero-order valence-corrected chi connectivity index (χ0v) is 9.16. The fourth-order valence-corrected chi connectivity index (χ4v) is 1.90. The van der Waals surface area contributed by atoms with Crippen molar-refractivity contribution in [1.82, 2.24) is 4.98 Å². The van der Waals surface area contributed by atoms with Crippen LogP contribution in [0.15, 0.2) is 36.5 Å². The van der Waals surface area contributed by atoms with Gasteiger partial charge < -0.3 is 10.1 Å². The lowest BCUT2D eigenvalue weighted by atomic mass is 10.2. The van der Waals surface area contributed by atoms with E-state index in [-0.39, 0.29) is 0 Å². The standard InChI is InChI=1S/C12H9ClN2O/c13-9-5-6-14-12-11(9)15-7-8-3-1-2-4-10(8)16-12/h1-6,15H,7H2. The highest BCUT2D eigenvalue weighted by Gasteiger charge is 2.16. The summed E-state index contributed by atoms with van der Waals surface area (Å²) in [6.07, 6.45) is 1.64. The number of rotatable bonds is 0. The molecule has 4 heteroatoms. The third kappa shape index (κ3) is 1.49. The Kier molecular flexibility index (Phi) is 2.18. The van der Waals surface area contributed by atoms with E-state index in [9.17, 15) is 0 Å². The molecule has 3 nitrogen and oxygen atoms in total. The zero-order valence-electron chi connectivity index (χ0n) is 8.40. The van der Waals surface area contributed by atoms with Crippen LogP contribution >= 0.6 is 11.6 Å². The largest absolute Gasteiger partial charge is 0.437 e. The lowest BCUT2D eigenvalue weighted by Gasteiger charge is -2.07. The van der Waals surface area contributed by atoms with Gasteiger partial charge in [0.05, 0.1) is 5.02 Å². The summed E-state index contributed by atoms with van der Waals surface area (Å²) in [7, 11) is 0. The highest BCUT2D eigenvalue weighted by Crippen LogP contribution is 2.37. The van der Waals surface area contributed by atoms with E-state index in [2.05, 4.69) is 10.3 Å². The molecule has 0 amide bonds. The number of anilines is 1. The van der Waals surface area contributed by atoms with Crippen LogP contribution < -0.4 is 10.1 Å². The highest BCUT2D eigenvalue weighted by molar-refractivity contribution is 6.33. The summed E-state index contributed by atoms with van der Waals surface area (Å²) in [6.45, 7) is 0.689. The van der Waals surface area contributed by atoms with Gasteiger partial charge in [0.2, 0.25) is 5.88 Å². The molecule has 0 atom stereocenters. The van der Waals surface area contributed by atoms with Crippen molar-refractivity contribution < 1.29 is 4.74 Å². The van der Waals surface area contributed by atoms with E-state index in [1.54, 1.807) is 12.3 Å². The van der Waals surface area contributed by atoms with Gasteiger partial charge >= 0.3 is 0 Å². The Hall–Kier alpha value is -1.74. The van der Waals surface area contributed by atoms with E-state index in [1.807, 2.05) is 24.3 Å². The number of pyridine rings is 1. The van der Waals surface area contributed by atoms with E-state index in [0.29, 0.717) is 17.4 Å². The van der Waals surface area contributed by atoms with Crippen molar-refractivity contribution in [3.63, 3.8) is 0 Å². The third-order valence-electron chi connectivity index (χ3n) is 2.50. The topological polar surface area (TPSA) is 34.2 Å². The second-order valence-corrected chi connectivity index (χ2v) is 3.94. The molecule has 0 radical (unpaired) electrons. The molecule has 1 aliphatic heterocycles. The predicted molar refractivity (Wildman–Crippen MR) is 63.1 cm³/mol. The lowest BCUT2D eigenvalue weighted by molar-refractivity contribution is 0.465. The van der Waals surface area contributed by atoms with Gasteiger partial charge in [0.25, 0.3) is 0 Å². The molecule has 1 aromatic carbocycles. The van der Waals surface area contributed by atoms with Crippen LogP contribution in [0.1, 0.15) is 5.56 Å². The molecule has 1 aliphatic rings. The third-order valence-corrected chi connectivity index (χ3v) is 2.82. The van der Waals surface area contributed by atoms with Crippen molar-refractivity contribution >= 4 is 17.3 Å². The van der Waals surface area contributed by atoms with Crippen molar-refractivity contribution in [2.24, 2.45) is 0 Å². The van der Waals surface area contributed by atoms with Crippen molar-refractivity contribution in [2.45, 2.75) is 6.54 Å². The van der Waals surface area contributed by atoms with Gasteiger partial charge in [-0.15, -0.1) is 0 Å². The average molecular weight is 233 g/mol. The van der Waals surface area contributed by atoms with Gasteiger partial charge in [0.1, 0.15) is 11.4 Å². The molecule has 80 valence electrons. The Labute approximate surface area is 98.0 Å². The molecule has 1 N–H and O–H groups in total. The SMILES string of the molecule is Clc1ccnc2c1NCc1ccccc1O2. The molecule has 0 unspecified atom stereocenters. The van der Waals surface area contributed by atoms with Gasteiger partial charge in [-0.25, -0.2) is 4.98 Å². The van der Waals surface area contributed by atoms with Gasteiger partial charge in [-0.1, -0.05) is 29.8 Å². The van der Waals surface area contributed by atoms with Crippen molar-refractivity contribution in [2.75, 3.05) is 5.32 Å². The normalized spacial score (nSPS) is 12.8. The molecule has 0 aliphatic carbocycles. The number of nitrogens with zero attached hydrogens (tertiary/aromatic N) is 1. The van der Waals surface area contributed by atoms with Gasteiger partial charge in [-0.3, -0.25) is 0 Å². The monoisotopic (exact) mass is 232 g/mol. The summed E-state index contributed by atoms with van der Waals surface area (Å²) in [6, 6.07) is 9.60. The van der Waals surface area contributed by atoms with E-state index in [0.717, 1.165) is 17.0 Å². The average Bonchev–Trinajstić information content (AvgIpc) is 2.48. The number of fused-ring (bicyclic) bond motifs is 2. The van der Waals surface area contributed by atoms with Crippen LogP contribution in [-0.2, 0) is 6.54 Å². The van der Waals surface area contributed by atoms with E-state index >= 15 is 0 Å². The van der Waals surface area contributed by atoms with E-state index < -0.39 is 0 Å². The number of aromatic nitrogens is 1. The van der Waals surface area contributed by atoms with Crippen molar-refractivity contribution in [1.29, 1.82) is 0 Å². The summed E-state index contributed by atoms with van der Waals surface area (Å²) in [5, 5.41) is 3.85. The molecule has 1 aromatic heterocycles. The quantitative estimate of drug-likeness (QED) is 0.756. The molecular weight excluding hydrogens is 224 g/mol.